The van der Waals surface area contributed by atoms with Crippen LogP contribution < -0.4 is 0 Å². The van der Waals surface area contributed by atoms with Gasteiger partial charge in [-0.3, -0.25) is 0 Å². The summed E-state index contributed by atoms with van der Waals surface area (Å²) in [6.45, 7) is 2.21. The summed E-state index contributed by atoms with van der Waals surface area (Å²) in [6, 6.07) is 0. The topological polar surface area (TPSA) is 9.23 Å². The van der Waals surface area contributed by atoms with E-state index in [1.807, 2.05) is 0 Å². The average molecular weight is 172 g/mol. The first-order chi connectivity index (χ1) is 4.52. The summed E-state index contributed by atoms with van der Waals surface area (Å²) < 4.78 is 5.73. The molecule has 0 aromatic heterocycles. The van der Waals surface area contributed by atoms with Crippen LogP contribution in [0.5, 0.6) is 0 Å². The van der Waals surface area contributed by atoms with Crippen LogP contribution in [-0.2, 0) is 3.79 Å². The fourth-order valence-electron chi connectivity index (χ4n) is 1.18. The predicted octanol–water partition coefficient (Wildman–Crippen LogP) is 2.40. The maximum Gasteiger partial charge on any atom is 0.454 e. The maximum absolute atomic E-state index is 5.73. The Labute approximate surface area is 73.9 Å². The Balaban J connectivity index is 3.34. The highest BCUT2D eigenvalue weighted by Crippen LogP contribution is 2.03. The molecule has 0 aliphatic carbocycles. The summed E-state index contributed by atoms with van der Waals surface area (Å²) >= 11 is -1.16. The summed E-state index contributed by atoms with van der Waals surface area (Å²) in [4.78, 5) is 0. The lowest BCUT2D eigenvalue weighted by atomic mass is 10.5. The van der Waals surface area contributed by atoms with Crippen LogP contribution in [-0.4, -0.2) is 34.7 Å². The normalized spacial score (nSPS) is 12.9. The zero-order valence-corrected chi connectivity index (χ0v) is 10.2. The molecule has 0 heterocycles. The minimum Gasteiger partial charge on any atom is -0.500 e. The highest BCUT2D eigenvalue weighted by atomic mass is 27.2. The van der Waals surface area contributed by atoms with Gasteiger partial charge in [0.1, 0.15) is 0 Å². The van der Waals surface area contributed by atoms with Gasteiger partial charge >= 0.3 is 14.5 Å². The van der Waals surface area contributed by atoms with Crippen LogP contribution in [0.15, 0.2) is 0 Å². The monoisotopic (exact) mass is 172 g/mol. The van der Waals surface area contributed by atoms with Crippen molar-refractivity contribution < 1.29 is 3.79 Å². The van der Waals surface area contributed by atoms with Gasteiger partial charge in [0.05, 0.1) is 0 Å². The van der Waals surface area contributed by atoms with Gasteiger partial charge in [-0.2, -0.15) is 0 Å². The molecule has 1 unspecified atom stereocenters. The standard InChI is InChI=1S/C3H6O.4CH3.2Al/c1-3(2)4;;;;;;/h3H,1H2,2H3;4*1H3;;/q-1;;;;;;+1. The molecule has 0 N–H and O–H groups in total. The van der Waals surface area contributed by atoms with Gasteiger partial charge in [0.25, 0.3) is 14.1 Å². The lowest BCUT2D eigenvalue weighted by Crippen LogP contribution is -2.21. The molecule has 0 spiro atoms. The van der Waals surface area contributed by atoms with Crippen molar-refractivity contribution in [2.24, 2.45) is 0 Å². The molecule has 0 fully saturated rings. The molecule has 0 aromatic carbocycles. The zero-order valence-electron chi connectivity index (χ0n) is 7.85. The number of rotatable bonds is 4. The van der Waals surface area contributed by atoms with Crippen molar-refractivity contribution in [1.29, 1.82) is 0 Å². The summed E-state index contributed by atoms with van der Waals surface area (Å²) in [5, 5.41) is 1.34. The zero-order chi connectivity index (χ0) is 8.15. The van der Waals surface area contributed by atoms with E-state index in [1.165, 1.54) is 5.28 Å². The highest BCUT2D eigenvalue weighted by Gasteiger charge is 2.12. The second-order valence-corrected chi connectivity index (χ2v) is 9.25. The average Bonchev–Trinajstić information content (AvgIpc) is 1.58. The van der Waals surface area contributed by atoms with E-state index in [1.54, 1.807) is 0 Å². The van der Waals surface area contributed by atoms with Crippen molar-refractivity contribution in [2.45, 2.75) is 41.5 Å². The molecule has 3 heteroatoms. The first kappa shape index (κ1) is 11.0. The third-order valence-corrected chi connectivity index (χ3v) is 3.92. The quantitative estimate of drug-likeness (QED) is 0.591. The van der Waals surface area contributed by atoms with Gasteiger partial charge in [-0.1, -0.05) is 16.9 Å². The van der Waals surface area contributed by atoms with Crippen molar-refractivity contribution in [3.05, 3.63) is 0 Å². The largest absolute Gasteiger partial charge is 0.500 e. The van der Waals surface area contributed by atoms with Crippen LogP contribution in [0.2, 0.25) is 28.4 Å². The number of hydrogen-bond donors (Lipinski definition) is 0. The van der Waals surface area contributed by atoms with Crippen LogP contribution in [0.25, 0.3) is 0 Å². The van der Waals surface area contributed by atoms with E-state index in [-0.39, 0.29) is 0 Å². The lowest BCUT2D eigenvalue weighted by Gasteiger charge is -2.15. The minimum absolute atomic E-state index is 0.390. The van der Waals surface area contributed by atoms with Crippen molar-refractivity contribution in [3.63, 3.8) is 0 Å². The Morgan fingerprint density at radius 3 is 2.00 bits per heavy atom. The molecule has 0 rings (SSSR count). The van der Waals surface area contributed by atoms with Crippen LogP contribution in [0, 0.1) is 0 Å². The lowest BCUT2D eigenvalue weighted by molar-refractivity contribution is 0.246. The van der Waals surface area contributed by atoms with E-state index < -0.39 is 28.6 Å². The third-order valence-electron chi connectivity index (χ3n) is 1.31. The first-order valence-corrected chi connectivity index (χ1v) is 10.1. The fourth-order valence-corrected chi connectivity index (χ4v) is 3.89. The molecule has 1 atom stereocenters. The second-order valence-electron chi connectivity index (χ2n) is 3.63. The Kier molecular flexibility index (Phi) is 6.23. The molecule has 0 radical (unpaired) electrons. The van der Waals surface area contributed by atoms with E-state index in [4.69, 9.17) is 3.79 Å². The van der Waals surface area contributed by atoms with Crippen molar-refractivity contribution >= 4 is 28.6 Å². The molecule has 10 heavy (non-hydrogen) atoms. The van der Waals surface area contributed by atoms with Crippen LogP contribution in [0.3, 0.4) is 0 Å². The Morgan fingerprint density at radius 2 is 1.70 bits per heavy atom. The van der Waals surface area contributed by atoms with Crippen LogP contribution in [0.4, 0.5) is 0 Å². The van der Waals surface area contributed by atoms with Gasteiger partial charge in [0, 0.05) is 6.10 Å². The molecular formula is C7H18Al2O. The van der Waals surface area contributed by atoms with Gasteiger partial charge in [0.15, 0.2) is 0 Å². The van der Waals surface area contributed by atoms with E-state index >= 15 is 0 Å². The summed E-state index contributed by atoms with van der Waals surface area (Å²) in [5.41, 5.74) is 0. The SMILES string of the molecule is CC([CH2][Al]([CH3])[CH3])[O][Al]([CH3])[CH3]. The minimum atomic E-state index is -0.765. The molecule has 0 bridgehead atoms. The van der Waals surface area contributed by atoms with Crippen LogP contribution >= 0.6 is 0 Å². The Morgan fingerprint density at radius 1 is 1.20 bits per heavy atom. The summed E-state index contributed by atoms with van der Waals surface area (Å²) in [7, 11) is 0. The molecular weight excluding hydrogens is 154 g/mol. The first-order valence-electron chi connectivity index (χ1n) is 4.17. The molecule has 0 aliphatic heterocycles. The second kappa shape index (κ2) is 5.65. The molecule has 0 aliphatic rings. The molecule has 0 amide bonds. The Bertz CT molecular complexity index is 73.7. The molecule has 0 aromatic rings. The van der Waals surface area contributed by atoms with E-state index in [0.29, 0.717) is 6.10 Å². The van der Waals surface area contributed by atoms with Gasteiger partial charge in [-0.25, -0.2) is 0 Å². The van der Waals surface area contributed by atoms with Crippen LogP contribution in [0.1, 0.15) is 6.92 Å². The maximum atomic E-state index is 5.73. The van der Waals surface area contributed by atoms with Gasteiger partial charge < -0.3 is 3.79 Å². The summed E-state index contributed by atoms with van der Waals surface area (Å²) in [5.74, 6) is 9.22. The number of hydrogen-bond acceptors (Lipinski definition) is 1. The van der Waals surface area contributed by atoms with Gasteiger partial charge in [-0.05, 0) is 6.92 Å². The molecule has 0 saturated carbocycles. The third kappa shape index (κ3) is 7.14. The highest BCUT2D eigenvalue weighted by molar-refractivity contribution is 6.56. The molecule has 58 valence electrons. The van der Waals surface area contributed by atoms with E-state index in [9.17, 15) is 0 Å². The van der Waals surface area contributed by atoms with Crippen molar-refractivity contribution in [3.8, 4) is 0 Å². The van der Waals surface area contributed by atoms with Gasteiger partial charge in [-0.15, -0.1) is 11.6 Å². The predicted molar refractivity (Wildman–Crippen MR) is 50.3 cm³/mol. The van der Waals surface area contributed by atoms with E-state index in [0.717, 1.165) is 0 Å². The Hall–Kier alpha value is 1.02. The molecule has 0 saturated heterocycles. The van der Waals surface area contributed by atoms with Crippen molar-refractivity contribution in [1.82, 2.24) is 0 Å². The summed E-state index contributed by atoms with van der Waals surface area (Å²) in [6.07, 6.45) is 0.540. The van der Waals surface area contributed by atoms with Crippen molar-refractivity contribution in [2.75, 3.05) is 0 Å². The van der Waals surface area contributed by atoms with E-state index in [2.05, 4.69) is 30.1 Å². The fraction of sp³-hybridized carbons (Fsp3) is 1.00. The smallest absolute Gasteiger partial charge is 0.454 e. The molecule has 1 nitrogen and oxygen atoms in total. The van der Waals surface area contributed by atoms with Gasteiger partial charge in [0.2, 0.25) is 0 Å².